The maximum Gasteiger partial charge on any atom is 0.126 e. The molecule has 1 aromatic carbocycles. The fourth-order valence-electron chi connectivity index (χ4n) is 1.76. The second kappa shape index (κ2) is 5.67. The quantitative estimate of drug-likeness (QED) is 0.909. The van der Waals surface area contributed by atoms with Gasteiger partial charge in [0.2, 0.25) is 0 Å². The fraction of sp³-hybridized carbons (Fsp3) is 0.286. The van der Waals surface area contributed by atoms with Crippen LogP contribution < -0.4 is 9.47 Å². The van der Waals surface area contributed by atoms with Crippen molar-refractivity contribution in [3.63, 3.8) is 0 Å². The second-order valence-electron chi connectivity index (χ2n) is 4.09. The van der Waals surface area contributed by atoms with Gasteiger partial charge in [-0.1, -0.05) is 0 Å². The van der Waals surface area contributed by atoms with Gasteiger partial charge in [0, 0.05) is 11.8 Å². The van der Waals surface area contributed by atoms with E-state index in [-0.39, 0.29) is 0 Å². The van der Waals surface area contributed by atoms with Crippen LogP contribution in [0.4, 0.5) is 0 Å². The zero-order chi connectivity index (χ0) is 13.8. The monoisotopic (exact) mass is 260 g/mol. The molecule has 0 saturated heterocycles. The molecule has 0 aliphatic rings. The van der Waals surface area contributed by atoms with Crippen molar-refractivity contribution in [3.8, 4) is 11.5 Å². The van der Waals surface area contributed by atoms with Crippen molar-refractivity contribution in [2.75, 3.05) is 14.2 Å². The molecule has 1 heterocycles. The predicted octanol–water partition coefficient (Wildman–Crippen LogP) is 1.88. The maximum absolute atomic E-state index is 10.4. The molecule has 0 aliphatic carbocycles. The third kappa shape index (κ3) is 2.82. The number of hydrogen-bond acceptors (Lipinski definition) is 5. The molecule has 1 unspecified atom stereocenters. The molecule has 0 spiro atoms. The van der Waals surface area contributed by atoms with Crippen molar-refractivity contribution in [1.82, 2.24) is 9.97 Å². The third-order valence-corrected chi connectivity index (χ3v) is 2.81. The fourth-order valence-corrected chi connectivity index (χ4v) is 1.76. The summed E-state index contributed by atoms with van der Waals surface area (Å²) in [5, 5.41) is 10.4. The van der Waals surface area contributed by atoms with E-state index in [1.54, 1.807) is 44.8 Å². The van der Waals surface area contributed by atoms with Crippen LogP contribution in [0, 0.1) is 6.92 Å². The molecule has 5 nitrogen and oxygen atoms in total. The zero-order valence-corrected chi connectivity index (χ0v) is 11.1. The van der Waals surface area contributed by atoms with Gasteiger partial charge < -0.3 is 14.6 Å². The number of methoxy groups -OCH3 is 2. The van der Waals surface area contributed by atoms with Crippen LogP contribution in [0.2, 0.25) is 0 Å². The van der Waals surface area contributed by atoms with Crippen molar-refractivity contribution in [2.45, 2.75) is 13.0 Å². The normalized spacial score (nSPS) is 12.0. The Morgan fingerprint density at radius 1 is 1.11 bits per heavy atom. The SMILES string of the molecule is COc1ccc(OC)c(C(O)c2cnc(C)cn2)c1. The lowest BCUT2D eigenvalue weighted by molar-refractivity contribution is 0.208. The Morgan fingerprint density at radius 2 is 1.89 bits per heavy atom. The Morgan fingerprint density at radius 3 is 2.47 bits per heavy atom. The Labute approximate surface area is 111 Å². The van der Waals surface area contributed by atoms with Gasteiger partial charge in [0.05, 0.1) is 31.8 Å². The summed E-state index contributed by atoms with van der Waals surface area (Å²) in [4.78, 5) is 8.31. The van der Waals surface area contributed by atoms with Crippen LogP contribution in [0.25, 0.3) is 0 Å². The number of nitrogens with zero attached hydrogens (tertiary/aromatic N) is 2. The summed E-state index contributed by atoms with van der Waals surface area (Å²) in [5.41, 5.74) is 1.87. The largest absolute Gasteiger partial charge is 0.497 e. The van der Waals surface area contributed by atoms with Gasteiger partial charge in [0.15, 0.2) is 0 Å². The number of aromatic nitrogens is 2. The van der Waals surface area contributed by atoms with Gasteiger partial charge in [0.1, 0.15) is 17.6 Å². The summed E-state index contributed by atoms with van der Waals surface area (Å²) in [6, 6.07) is 5.25. The van der Waals surface area contributed by atoms with Gasteiger partial charge in [-0.05, 0) is 25.1 Å². The molecule has 1 N–H and O–H groups in total. The molecule has 0 fully saturated rings. The van der Waals surface area contributed by atoms with Gasteiger partial charge in [-0.25, -0.2) is 0 Å². The van der Waals surface area contributed by atoms with Crippen LogP contribution in [-0.4, -0.2) is 29.3 Å². The van der Waals surface area contributed by atoms with E-state index in [1.165, 1.54) is 0 Å². The molecule has 0 radical (unpaired) electrons. The average Bonchev–Trinajstić information content (AvgIpc) is 2.46. The topological polar surface area (TPSA) is 64.5 Å². The van der Waals surface area contributed by atoms with E-state index in [0.717, 1.165) is 5.69 Å². The highest BCUT2D eigenvalue weighted by molar-refractivity contribution is 5.43. The van der Waals surface area contributed by atoms with Crippen LogP contribution >= 0.6 is 0 Å². The first-order chi connectivity index (χ1) is 9.15. The van der Waals surface area contributed by atoms with Crippen LogP contribution in [0.15, 0.2) is 30.6 Å². The lowest BCUT2D eigenvalue weighted by Crippen LogP contribution is -2.06. The molecule has 1 atom stereocenters. The first-order valence-corrected chi connectivity index (χ1v) is 5.84. The van der Waals surface area contributed by atoms with E-state index in [4.69, 9.17) is 9.47 Å². The minimum Gasteiger partial charge on any atom is -0.497 e. The number of aliphatic hydroxyl groups is 1. The average molecular weight is 260 g/mol. The molecule has 2 rings (SSSR count). The molecule has 5 heteroatoms. The molecular formula is C14H16N2O3. The van der Waals surface area contributed by atoms with E-state index >= 15 is 0 Å². The molecule has 19 heavy (non-hydrogen) atoms. The maximum atomic E-state index is 10.4. The summed E-state index contributed by atoms with van der Waals surface area (Å²) in [7, 11) is 3.13. The standard InChI is InChI=1S/C14H16N2O3/c1-9-7-16-12(8-15-9)14(17)11-6-10(18-2)4-5-13(11)19-3/h4-8,14,17H,1-3H3. The summed E-state index contributed by atoms with van der Waals surface area (Å²) in [6.07, 6.45) is 2.27. The van der Waals surface area contributed by atoms with Gasteiger partial charge in [0.25, 0.3) is 0 Å². The highest BCUT2D eigenvalue weighted by atomic mass is 16.5. The third-order valence-electron chi connectivity index (χ3n) is 2.81. The van der Waals surface area contributed by atoms with Gasteiger partial charge >= 0.3 is 0 Å². The first-order valence-electron chi connectivity index (χ1n) is 5.84. The van der Waals surface area contributed by atoms with Crippen molar-refractivity contribution in [3.05, 3.63) is 47.5 Å². The molecule has 1 aromatic heterocycles. The summed E-state index contributed by atoms with van der Waals surface area (Å²) < 4.78 is 10.4. The van der Waals surface area contributed by atoms with Crippen molar-refractivity contribution in [1.29, 1.82) is 0 Å². The van der Waals surface area contributed by atoms with E-state index in [2.05, 4.69) is 9.97 Å². The summed E-state index contributed by atoms with van der Waals surface area (Å²) in [6.45, 7) is 1.84. The number of aryl methyl sites for hydroxylation is 1. The number of rotatable bonds is 4. The number of ether oxygens (including phenoxy) is 2. The summed E-state index contributed by atoms with van der Waals surface area (Å²) >= 11 is 0. The Hall–Kier alpha value is -2.14. The molecule has 100 valence electrons. The zero-order valence-electron chi connectivity index (χ0n) is 11.1. The molecular weight excluding hydrogens is 244 g/mol. The number of hydrogen-bond donors (Lipinski definition) is 1. The van der Waals surface area contributed by atoms with Crippen molar-refractivity contribution < 1.29 is 14.6 Å². The Bertz CT molecular complexity index is 555. The van der Waals surface area contributed by atoms with Crippen LogP contribution in [0.5, 0.6) is 11.5 Å². The van der Waals surface area contributed by atoms with E-state index in [9.17, 15) is 5.11 Å². The van der Waals surface area contributed by atoms with Crippen LogP contribution in [0.3, 0.4) is 0 Å². The molecule has 0 bridgehead atoms. The minimum absolute atomic E-state index is 0.470. The molecule has 0 aliphatic heterocycles. The molecule has 2 aromatic rings. The Balaban J connectivity index is 2.41. The second-order valence-corrected chi connectivity index (χ2v) is 4.09. The highest BCUT2D eigenvalue weighted by Gasteiger charge is 2.18. The van der Waals surface area contributed by atoms with Gasteiger partial charge in [-0.3, -0.25) is 9.97 Å². The number of aliphatic hydroxyl groups excluding tert-OH is 1. The van der Waals surface area contributed by atoms with Crippen molar-refractivity contribution >= 4 is 0 Å². The Kier molecular flexibility index (Phi) is 3.97. The van der Waals surface area contributed by atoms with Gasteiger partial charge in [-0.15, -0.1) is 0 Å². The molecule has 0 amide bonds. The summed E-state index contributed by atoms with van der Waals surface area (Å²) in [5.74, 6) is 1.23. The van der Waals surface area contributed by atoms with Crippen LogP contribution in [0.1, 0.15) is 23.1 Å². The van der Waals surface area contributed by atoms with Crippen LogP contribution in [-0.2, 0) is 0 Å². The predicted molar refractivity (Wildman–Crippen MR) is 70.4 cm³/mol. The minimum atomic E-state index is -0.904. The van der Waals surface area contributed by atoms with E-state index in [0.29, 0.717) is 22.8 Å². The van der Waals surface area contributed by atoms with E-state index < -0.39 is 6.10 Å². The van der Waals surface area contributed by atoms with Gasteiger partial charge in [-0.2, -0.15) is 0 Å². The highest BCUT2D eigenvalue weighted by Crippen LogP contribution is 2.32. The smallest absolute Gasteiger partial charge is 0.126 e. The first kappa shape index (κ1) is 13.3. The van der Waals surface area contributed by atoms with E-state index in [1.807, 2.05) is 6.92 Å². The lowest BCUT2D eigenvalue weighted by Gasteiger charge is -2.15. The number of benzene rings is 1. The lowest BCUT2D eigenvalue weighted by atomic mass is 10.1. The molecule has 0 saturated carbocycles. The van der Waals surface area contributed by atoms with Crippen molar-refractivity contribution in [2.24, 2.45) is 0 Å².